The molecule has 0 spiro atoms. The molecule has 8 heteroatoms. The Morgan fingerprint density at radius 2 is 1.77 bits per heavy atom. The molecular formula is C22H16N4O2S2. The average Bonchev–Trinajstić information content (AvgIpc) is 3.46. The third-order valence-electron chi connectivity index (χ3n) is 4.95. The number of nitrogens with one attached hydrogen (secondary N) is 2. The van der Waals surface area contributed by atoms with Gasteiger partial charge in [-0.25, -0.2) is 9.97 Å². The van der Waals surface area contributed by atoms with Gasteiger partial charge in [-0.3, -0.25) is 14.9 Å². The fraction of sp³-hybridized carbons (Fsp3) is 0.0909. The molecule has 30 heavy (non-hydrogen) atoms. The van der Waals surface area contributed by atoms with Gasteiger partial charge in [0.25, 0.3) is 11.8 Å². The maximum absolute atomic E-state index is 12.3. The van der Waals surface area contributed by atoms with Crippen molar-refractivity contribution in [2.45, 2.75) is 13.8 Å². The van der Waals surface area contributed by atoms with E-state index in [1.54, 1.807) is 18.3 Å². The molecule has 2 N–H and O–H groups in total. The van der Waals surface area contributed by atoms with Gasteiger partial charge in [0.05, 0.1) is 10.3 Å². The fourth-order valence-electron chi connectivity index (χ4n) is 3.31. The Hall–Kier alpha value is -3.36. The predicted octanol–water partition coefficient (Wildman–Crippen LogP) is 4.74. The van der Waals surface area contributed by atoms with Crippen LogP contribution in [0, 0.1) is 6.92 Å². The van der Waals surface area contributed by atoms with E-state index in [4.69, 9.17) is 9.97 Å². The number of aromatic nitrogens is 2. The second-order valence-electron chi connectivity index (χ2n) is 6.98. The van der Waals surface area contributed by atoms with E-state index in [1.165, 1.54) is 16.9 Å². The Bertz CT molecular complexity index is 1340. The van der Waals surface area contributed by atoms with E-state index in [2.05, 4.69) is 40.3 Å². The number of carbonyl (C=O) groups excluding carboxylic acids is 2. The van der Waals surface area contributed by atoms with Crippen LogP contribution in [0.25, 0.3) is 32.0 Å². The molecule has 0 unspecified atom stereocenters. The number of fused-ring (bicyclic) bond motifs is 1. The number of aryl methyl sites for hydroxylation is 1. The van der Waals surface area contributed by atoms with Gasteiger partial charge in [0.1, 0.15) is 16.3 Å². The zero-order chi connectivity index (χ0) is 20.8. The van der Waals surface area contributed by atoms with Gasteiger partial charge in [0.15, 0.2) is 5.82 Å². The number of benzene rings is 1. The Morgan fingerprint density at radius 3 is 2.43 bits per heavy atom. The minimum atomic E-state index is -0.450. The second kappa shape index (κ2) is 7.16. The molecule has 0 fully saturated rings. The van der Waals surface area contributed by atoms with Crippen LogP contribution < -0.4 is 10.6 Å². The van der Waals surface area contributed by atoms with Gasteiger partial charge in [-0.05, 0) is 30.9 Å². The molecule has 0 saturated carbocycles. The van der Waals surface area contributed by atoms with Crippen LogP contribution in [-0.4, -0.2) is 21.8 Å². The summed E-state index contributed by atoms with van der Waals surface area (Å²) in [6.45, 7) is 3.67. The third-order valence-corrected chi connectivity index (χ3v) is 6.69. The predicted molar refractivity (Wildman–Crippen MR) is 120 cm³/mol. The van der Waals surface area contributed by atoms with Crippen molar-refractivity contribution in [1.29, 1.82) is 0 Å². The maximum Gasteiger partial charge on any atom is 0.275 e. The summed E-state index contributed by atoms with van der Waals surface area (Å²) in [5.74, 6) is 0.254. The molecule has 0 aliphatic carbocycles. The summed E-state index contributed by atoms with van der Waals surface area (Å²) < 4.78 is 0. The summed E-state index contributed by atoms with van der Waals surface area (Å²) >= 11 is 3.08. The summed E-state index contributed by atoms with van der Waals surface area (Å²) in [4.78, 5) is 35.5. The van der Waals surface area contributed by atoms with E-state index in [1.807, 2.05) is 24.4 Å². The topological polar surface area (TPSA) is 84.0 Å². The van der Waals surface area contributed by atoms with Crippen molar-refractivity contribution in [1.82, 2.24) is 15.3 Å². The van der Waals surface area contributed by atoms with E-state index in [9.17, 15) is 9.59 Å². The number of hydrogen-bond acceptors (Lipinski definition) is 7. The van der Waals surface area contributed by atoms with Crippen LogP contribution in [0.2, 0.25) is 0 Å². The van der Waals surface area contributed by atoms with E-state index in [0.29, 0.717) is 17.2 Å². The number of nitrogens with zero attached hydrogens (tertiary/aromatic N) is 2. The second-order valence-corrected chi connectivity index (χ2v) is 8.78. The smallest absolute Gasteiger partial charge is 0.275 e. The van der Waals surface area contributed by atoms with E-state index >= 15 is 0 Å². The molecule has 0 atom stereocenters. The van der Waals surface area contributed by atoms with Crippen molar-refractivity contribution in [3.63, 3.8) is 0 Å². The lowest BCUT2D eigenvalue weighted by Gasteiger charge is -2.11. The zero-order valence-corrected chi connectivity index (χ0v) is 17.8. The van der Waals surface area contributed by atoms with Crippen LogP contribution in [0.4, 0.5) is 5.82 Å². The highest BCUT2D eigenvalue weighted by atomic mass is 32.1. The molecular weight excluding hydrogens is 416 g/mol. The van der Waals surface area contributed by atoms with Crippen molar-refractivity contribution < 1.29 is 9.59 Å². The Balaban J connectivity index is 1.73. The van der Waals surface area contributed by atoms with Gasteiger partial charge in [-0.1, -0.05) is 35.9 Å². The normalized spacial score (nSPS) is 13.9. The minimum Gasteiger partial charge on any atom is -0.335 e. The van der Waals surface area contributed by atoms with Gasteiger partial charge in [0, 0.05) is 16.5 Å². The molecule has 0 saturated heterocycles. The van der Waals surface area contributed by atoms with Crippen molar-refractivity contribution in [2.24, 2.45) is 0 Å². The maximum atomic E-state index is 12.3. The van der Waals surface area contributed by atoms with Gasteiger partial charge >= 0.3 is 0 Å². The van der Waals surface area contributed by atoms with Gasteiger partial charge < -0.3 is 5.32 Å². The zero-order valence-electron chi connectivity index (χ0n) is 16.1. The summed E-state index contributed by atoms with van der Waals surface area (Å²) in [7, 11) is 0. The molecule has 3 aromatic heterocycles. The Labute approximate surface area is 180 Å². The largest absolute Gasteiger partial charge is 0.335 e. The first-order valence-electron chi connectivity index (χ1n) is 9.25. The van der Waals surface area contributed by atoms with Crippen LogP contribution in [0.1, 0.15) is 12.5 Å². The molecule has 0 bridgehead atoms. The lowest BCUT2D eigenvalue weighted by molar-refractivity contribution is -0.124. The van der Waals surface area contributed by atoms with Crippen LogP contribution >= 0.6 is 22.7 Å². The molecule has 4 heterocycles. The summed E-state index contributed by atoms with van der Waals surface area (Å²) in [5.41, 5.74) is 3.77. The average molecular weight is 433 g/mol. The van der Waals surface area contributed by atoms with E-state index in [-0.39, 0.29) is 5.70 Å². The molecule has 1 aliphatic rings. The Morgan fingerprint density at radius 1 is 0.967 bits per heavy atom. The molecule has 148 valence electrons. The number of anilines is 1. The first kappa shape index (κ1) is 18.7. The van der Waals surface area contributed by atoms with Crippen LogP contribution in [0.5, 0.6) is 0 Å². The minimum absolute atomic E-state index is 0.221. The van der Waals surface area contributed by atoms with E-state index < -0.39 is 11.8 Å². The van der Waals surface area contributed by atoms with Crippen LogP contribution in [0.15, 0.2) is 58.4 Å². The van der Waals surface area contributed by atoms with Crippen LogP contribution in [0.3, 0.4) is 0 Å². The third kappa shape index (κ3) is 3.10. The van der Waals surface area contributed by atoms with Gasteiger partial charge in [-0.15, -0.1) is 22.7 Å². The molecule has 1 aliphatic heterocycles. The van der Waals surface area contributed by atoms with Crippen molar-refractivity contribution in [3.05, 3.63) is 64.0 Å². The monoisotopic (exact) mass is 432 g/mol. The highest BCUT2D eigenvalue weighted by molar-refractivity contribution is 7.17. The fourth-order valence-corrected chi connectivity index (χ4v) is 4.91. The molecule has 0 radical (unpaired) electrons. The summed E-state index contributed by atoms with van der Waals surface area (Å²) in [5, 5.41) is 10.3. The molecule has 2 amide bonds. The number of imide groups is 1. The summed E-state index contributed by atoms with van der Waals surface area (Å²) in [6.07, 6.45) is 0. The lowest BCUT2D eigenvalue weighted by Crippen LogP contribution is -2.24. The number of rotatable bonds is 4. The van der Waals surface area contributed by atoms with Crippen molar-refractivity contribution >= 4 is 50.5 Å². The first-order valence-corrected chi connectivity index (χ1v) is 11.0. The lowest BCUT2D eigenvalue weighted by atomic mass is 10.0. The number of thiophene rings is 2. The highest BCUT2D eigenvalue weighted by Crippen LogP contribution is 2.39. The number of carbonyl (C=O) groups is 2. The van der Waals surface area contributed by atoms with Crippen molar-refractivity contribution in [3.8, 4) is 21.8 Å². The van der Waals surface area contributed by atoms with E-state index in [0.717, 1.165) is 26.2 Å². The molecule has 4 aromatic rings. The number of hydrogen-bond donors (Lipinski definition) is 2. The highest BCUT2D eigenvalue weighted by Gasteiger charge is 2.28. The van der Waals surface area contributed by atoms with Gasteiger partial charge in [-0.2, -0.15) is 0 Å². The molecule has 5 rings (SSSR count). The molecule has 1 aromatic carbocycles. The van der Waals surface area contributed by atoms with Gasteiger partial charge in [0.2, 0.25) is 0 Å². The standard InChI is InChI=1S/C22H16N4O2S2/c1-11-5-7-13(8-6-11)14-10-30-22-16(14)19(23-17-12(2)20(27)26-21(17)28)24-18(25-22)15-4-3-9-29-15/h3-10H,1-2H3,(H2,23,24,25,26,27,28). The summed E-state index contributed by atoms with van der Waals surface area (Å²) in [6, 6.07) is 12.1. The van der Waals surface area contributed by atoms with Crippen molar-refractivity contribution in [2.75, 3.05) is 5.32 Å². The van der Waals surface area contributed by atoms with Crippen LogP contribution in [-0.2, 0) is 9.59 Å². The Kier molecular flexibility index (Phi) is 4.45. The molecule has 6 nitrogen and oxygen atoms in total. The quantitative estimate of drug-likeness (QED) is 0.455. The number of amides is 2. The first-order chi connectivity index (χ1) is 14.5. The SMILES string of the molecule is CC1=C(Nc2nc(-c3cccs3)nc3scc(-c4ccc(C)cc4)c23)C(=O)NC1=O.